The summed E-state index contributed by atoms with van der Waals surface area (Å²) >= 11 is 0. The standard InChI is InChI=1S/C14H18O3/c15-14(10-5-7-16-9-10)12-6-8-17-13-4-2-1-3-11(12)13/h1-4,10,12,14-15H,5-9H2. The molecule has 0 amide bonds. The smallest absolute Gasteiger partial charge is 0.122 e. The fourth-order valence-electron chi connectivity index (χ4n) is 2.88. The van der Waals surface area contributed by atoms with Crippen LogP contribution < -0.4 is 4.74 Å². The molecule has 3 heteroatoms. The summed E-state index contributed by atoms with van der Waals surface area (Å²) in [6, 6.07) is 8.04. The van der Waals surface area contributed by atoms with Gasteiger partial charge in [-0.25, -0.2) is 0 Å². The largest absolute Gasteiger partial charge is 0.493 e. The number of hydrogen-bond acceptors (Lipinski definition) is 3. The van der Waals surface area contributed by atoms with Crippen LogP contribution in [0.15, 0.2) is 24.3 Å². The van der Waals surface area contributed by atoms with Gasteiger partial charge in [0.2, 0.25) is 0 Å². The molecule has 1 aromatic rings. The van der Waals surface area contributed by atoms with Crippen LogP contribution in [0.5, 0.6) is 5.75 Å². The minimum absolute atomic E-state index is 0.201. The summed E-state index contributed by atoms with van der Waals surface area (Å²) in [4.78, 5) is 0. The van der Waals surface area contributed by atoms with Gasteiger partial charge in [0.05, 0.1) is 19.3 Å². The zero-order chi connectivity index (χ0) is 11.7. The van der Waals surface area contributed by atoms with Gasteiger partial charge in [0.1, 0.15) is 5.75 Å². The zero-order valence-electron chi connectivity index (χ0n) is 9.84. The molecule has 17 heavy (non-hydrogen) atoms. The number of fused-ring (bicyclic) bond motifs is 1. The van der Waals surface area contributed by atoms with E-state index >= 15 is 0 Å². The van der Waals surface area contributed by atoms with E-state index in [9.17, 15) is 5.11 Å². The molecule has 0 saturated carbocycles. The lowest BCUT2D eigenvalue weighted by Gasteiger charge is -2.31. The van der Waals surface area contributed by atoms with Gasteiger partial charge in [0, 0.05) is 18.4 Å². The SMILES string of the molecule is OC(C1CCOC1)C1CCOc2ccccc21. The molecule has 3 rings (SSSR count). The first kappa shape index (κ1) is 11.1. The Labute approximate surface area is 101 Å². The predicted molar refractivity (Wildman–Crippen MR) is 64.2 cm³/mol. The molecule has 1 aromatic carbocycles. The number of rotatable bonds is 2. The van der Waals surface area contributed by atoms with E-state index in [0.717, 1.165) is 30.8 Å². The Kier molecular flexibility index (Phi) is 3.04. The topological polar surface area (TPSA) is 38.7 Å². The van der Waals surface area contributed by atoms with E-state index in [-0.39, 0.29) is 17.9 Å². The number of para-hydroxylation sites is 1. The summed E-state index contributed by atoms with van der Waals surface area (Å²) < 4.78 is 11.0. The van der Waals surface area contributed by atoms with Gasteiger partial charge in [-0.2, -0.15) is 0 Å². The number of hydrogen-bond donors (Lipinski definition) is 1. The zero-order valence-corrected chi connectivity index (χ0v) is 9.84. The van der Waals surface area contributed by atoms with Crippen LogP contribution in [0.2, 0.25) is 0 Å². The van der Waals surface area contributed by atoms with Crippen LogP contribution in [0, 0.1) is 5.92 Å². The van der Waals surface area contributed by atoms with Crippen LogP contribution in [-0.4, -0.2) is 31.0 Å². The molecule has 3 unspecified atom stereocenters. The fraction of sp³-hybridized carbons (Fsp3) is 0.571. The Hall–Kier alpha value is -1.06. The maximum atomic E-state index is 10.5. The normalized spacial score (nSPS) is 29.5. The lowest BCUT2D eigenvalue weighted by Crippen LogP contribution is -2.31. The molecule has 0 aliphatic carbocycles. The maximum absolute atomic E-state index is 10.5. The second kappa shape index (κ2) is 4.67. The molecular weight excluding hydrogens is 216 g/mol. The first-order valence-electron chi connectivity index (χ1n) is 6.34. The Bertz CT molecular complexity index is 385. The Balaban J connectivity index is 1.84. The summed E-state index contributed by atoms with van der Waals surface area (Å²) in [6.45, 7) is 2.18. The third-order valence-corrected chi connectivity index (χ3v) is 3.87. The van der Waals surface area contributed by atoms with E-state index in [4.69, 9.17) is 9.47 Å². The molecule has 2 heterocycles. The highest BCUT2D eigenvalue weighted by molar-refractivity contribution is 5.38. The quantitative estimate of drug-likeness (QED) is 0.850. The van der Waals surface area contributed by atoms with Gasteiger partial charge in [-0.1, -0.05) is 18.2 Å². The third-order valence-electron chi connectivity index (χ3n) is 3.87. The summed E-state index contributed by atoms with van der Waals surface area (Å²) in [5.41, 5.74) is 1.15. The number of aliphatic hydroxyl groups excluding tert-OH is 1. The molecule has 92 valence electrons. The highest BCUT2D eigenvalue weighted by Crippen LogP contribution is 2.38. The second-order valence-corrected chi connectivity index (χ2v) is 4.90. The van der Waals surface area contributed by atoms with Crippen molar-refractivity contribution in [2.45, 2.75) is 24.9 Å². The first-order chi connectivity index (χ1) is 8.36. The second-order valence-electron chi connectivity index (χ2n) is 4.90. The van der Waals surface area contributed by atoms with Gasteiger partial charge in [-0.15, -0.1) is 0 Å². The highest BCUT2D eigenvalue weighted by Gasteiger charge is 2.34. The van der Waals surface area contributed by atoms with E-state index in [0.29, 0.717) is 13.2 Å². The Morgan fingerprint density at radius 1 is 1.18 bits per heavy atom. The molecular formula is C14H18O3. The van der Waals surface area contributed by atoms with Crippen molar-refractivity contribution >= 4 is 0 Å². The first-order valence-corrected chi connectivity index (χ1v) is 6.34. The van der Waals surface area contributed by atoms with Crippen LogP contribution in [0.4, 0.5) is 0 Å². The van der Waals surface area contributed by atoms with E-state index in [1.54, 1.807) is 0 Å². The van der Waals surface area contributed by atoms with Gasteiger partial charge >= 0.3 is 0 Å². The molecule has 1 fully saturated rings. The van der Waals surface area contributed by atoms with Crippen molar-refractivity contribution in [2.75, 3.05) is 19.8 Å². The summed E-state index contributed by atoms with van der Waals surface area (Å²) in [6.07, 6.45) is 1.57. The molecule has 1 saturated heterocycles. The third kappa shape index (κ3) is 2.05. The van der Waals surface area contributed by atoms with Crippen LogP contribution >= 0.6 is 0 Å². The van der Waals surface area contributed by atoms with Gasteiger partial charge < -0.3 is 14.6 Å². The molecule has 0 aromatic heterocycles. The number of benzene rings is 1. The number of aliphatic hydroxyl groups is 1. The average Bonchev–Trinajstić information content (AvgIpc) is 2.91. The maximum Gasteiger partial charge on any atom is 0.122 e. The van der Waals surface area contributed by atoms with Crippen LogP contribution in [0.1, 0.15) is 24.3 Å². The van der Waals surface area contributed by atoms with Crippen LogP contribution in [0.3, 0.4) is 0 Å². The van der Waals surface area contributed by atoms with Gasteiger partial charge in [-0.05, 0) is 24.5 Å². The monoisotopic (exact) mass is 234 g/mol. The van der Waals surface area contributed by atoms with Crippen molar-refractivity contribution in [3.05, 3.63) is 29.8 Å². The summed E-state index contributed by atoms with van der Waals surface area (Å²) in [7, 11) is 0. The van der Waals surface area contributed by atoms with Crippen molar-refractivity contribution in [3.8, 4) is 5.75 Å². The van der Waals surface area contributed by atoms with E-state index in [2.05, 4.69) is 6.07 Å². The minimum atomic E-state index is -0.303. The van der Waals surface area contributed by atoms with Crippen molar-refractivity contribution in [1.82, 2.24) is 0 Å². The van der Waals surface area contributed by atoms with Gasteiger partial charge in [-0.3, -0.25) is 0 Å². The summed E-state index contributed by atoms with van der Waals surface area (Å²) in [5, 5.41) is 10.5. The lowest BCUT2D eigenvalue weighted by molar-refractivity contribution is 0.0553. The molecule has 1 N–H and O–H groups in total. The average molecular weight is 234 g/mol. The molecule has 3 nitrogen and oxygen atoms in total. The minimum Gasteiger partial charge on any atom is -0.493 e. The molecule has 0 spiro atoms. The van der Waals surface area contributed by atoms with Gasteiger partial charge in [0.25, 0.3) is 0 Å². The van der Waals surface area contributed by atoms with Crippen molar-refractivity contribution < 1.29 is 14.6 Å². The molecule has 3 atom stereocenters. The number of ether oxygens (including phenoxy) is 2. The fourth-order valence-corrected chi connectivity index (χ4v) is 2.88. The molecule has 2 aliphatic rings. The predicted octanol–water partition coefficient (Wildman–Crippen LogP) is 1.95. The lowest BCUT2D eigenvalue weighted by atomic mass is 9.82. The molecule has 2 aliphatic heterocycles. The molecule has 0 radical (unpaired) electrons. The van der Waals surface area contributed by atoms with Crippen LogP contribution in [0.25, 0.3) is 0 Å². The van der Waals surface area contributed by atoms with Crippen molar-refractivity contribution in [1.29, 1.82) is 0 Å². The van der Waals surface area contributed by atoms with E-state index < -0.39 is 0 Å². The highest BCUT2D eigenvalue weighted by atomic mass is 16.5. The van der Waals surface area contributed by atoms with Crippen molar-refractivity contribution in [3.63, 3.8) is 0 Å². The van der Waals surface area contributed by atoms with Crippen LogP contribution in [-0.2, 0) is 4.74 Å². The Morgan fingerprint density at radius 3 is 2.88 bits per heavy atom. The van der Waals surface area contributed by atoms with Gasteiger partial charge in [0.15, 0.2) is 0 Å². The Morgan fingerprint density at radius 2 is 2.06 bits per heavy atom. The van der Waals surface area contributed by atoms with E-state index in [1.165, 1.54) is 0 Å². The van der Waals surface area contributed by atoms with E-state index in [1.807, 2.05) is 18.2 Å². The summed E-state index contributed by atoms with van der Waals surface area (Å²) in [5.74, 6) is 1.42. The molecule has 0 bridgehead atoms. The van der Waals surface area contributed by atoms with Crippen molar-refractivity contribution in [2.24, 2.45) is 5.92 Å².